The Morgan fingerprint density at radius 2 is 1.82 bits per heavy atom. The molecule has 0 unspecified atom stereocenters. The summed E-state index contributed by atoms with van der Waals surface area (Å²) in [7, 11) is -3.78. The molecule has 0 aromatic rings. The molecule has 0 saturated carbocycles. The average Bonchev–Trinajstić information content (AvgIpc) is 1.56. The van der Waals surface area contributed by atoms with Gasteiger partial charge in [-0.3, -0.25) is 0 Å². The van der Waals surface area contributed by atoms with E-state index in [1.165, 1.54) is 0 Å². The van der Waals surface area contributed by atoms with Gasteiger partial charge in [0, 0.05) is 6.26 Å². The van der Waals surface area contributed by atoms with Crippen LogP contribution in [-0.2, 0) is 9.84 Å². The number of hydrogen-bond acceptors (Lipinski definition) is 3. The van der Waals surface area contributed by atoms with E-state index in [9.17, 15) is 21.6 Å². The van der Waals surface area contributed by atoms with Gasteiger partial charge in [-0.15, -0.1) is 0 Å². The Bertz CT molecular complexity index is 217. The summed E-state index contributed by atoms with van der Waals surface area (Å²) in [4.78, 5) is 0. The first-order valence-electron chi connectivity index (χ1n) is 2.55. The minimum absolute atomic E-state index is 0.627. The van der Waals surface area contributed by atoms with Crippen LogP contribution in [0, 0.1) is 0 Å². The molecule has 0 aromatic heterocycles. The summed E-state index contributed by atoms with van der Waals surface area (Å²) in [6.45, 7) is 0. The Hall–Kier alpha value is -0.300. The van der Waals surface area contributed by atoms with E-state index in [1.807, 2.05) is 0 Å². The van der Waals surface area contributed by atoms with Crippen molar-refractivity contribution in [3.8, 4) is 0 Å². The molecule has 3 nitrogen and oxygen atoms in total. The minimum atomic E-state index is -4.86. The molecule has 7 heteroatoms. The molecule has 0 aliphatic carbocycles. The van der Waals surface area contributed by atoms with Crippen LogP contribution in [0.15, 0.2) is 0 Å². The zero-order valence-electron chi connectivity index (χ0n) is 5.59. The largest absolute Gasteiger partial charge is 0.415 e. The molecule has 0 aromatic carbocycles. The molecular weight excluding hydrogens is 185 g/mol. The van der Waals surface area contributed by atoms with Crippen molar-refractivity contribution >= 4 is 9.84 Å². The lowest BCUT2D eigenvalue weighted by Crippen LogP contribution is -2.34. The number of alkyl halides is 3. The number of aliphatic hydroxyl groups excluding tert-OH is 1. The monoisotopic (exact) mass is 192 g/mol. The minimum Gasteiger partial charge on any atom is -0.383 e. The maximum atomic E-state index is 11.5. The normalized spacial score (nSPS) is 16.5. The standard InChI is InChI=1S/C4H7F3O3S/c1-11(9,10)2-3(8)4(5,6)7/h3,8H,2H2,1H3/t3-/m0/s1. The topological polar surface area (TPSA) is 54.4 Å². The molecule has 0 heterocycles. The van der Waals surface area contributed by atoms with E-state index >= 15 is 0 Å². The highest BCUT2D eigenvalue weighted by Crippen LogP contribution is 2.20. The highest BCUT2D eigenvalue weighted by atomic mass is 32.2. The molecule has 1 N–H and O–H groups in total. The molecule has 0 saturated heterocycles. The van der Waals surface area contributed by atoms with Gasteiger partial charge in [-0.05, 0) is 0 Å². The first-order valence-corrected chi connectivity index (χ1v) is 4.61. The van der Waals surface area contributed by atoms with E-state index in [4.69, 9.17) is 5.11 Å². The van der Waals surface area contributed by atoms with Crippen LogP contribution in [0.1, 0.15) is 0 Å². The Balaban J connectivity index is 4.21. The second-order valence-electron chi connectivity index (χ2n) is 2.15. The molecule has 1 atom stereocenters. The summed E-state index contributed by atoms with van der Waals surface area (Å²) >= 11 is 0. The van der Waals surface area contributed by atoms with E-state index in [0.29, 0.717) is 6.26 Å². The van der Waals surface area contributed by atoms with E-state index in [2.05, 4.69) is 0 Å². The molecule has 11 heavy (non-hydrogen) atoms. The summed E-state index contributed by atoms with van der Waals surface area (Å²) in [6, 6.07) is 0. The maximum absolute atomic E-state index is 11.5. The van der Waals surface area contributed by atoms with Gasteiger partial charge in [0.2, 0.25) is 0 Å². The van der Waals surface area contributed by atoms with Crippen molar-refractivity contribution < 1.29 is 26.7 Å². The van der Waals surface area contributed by atoms with Gasteiger partial charge < -0.3 is 5.11 Å². The lowest BCUT2D eigenvalue weighted by Gasteiger charge is -2.12. The second kappa shape index (κ2) is 2.98. The van der Waals surface area contributed by atoms with Crippen molar-refractivity contribution in [3.63, 3.8) is 0 Å². The maximum Gasteiger partial charge on any atom is 0.415 e. The molecule has 0 bridgehead atoms. The zero-order valence-corrected chi connectivity index (χ0v) is 6.41. The van der Waals surface area contributed by atoms with Gasteiger partial charge in [0.1, 0.15) is 9.84 Å². The summed E-state index contributed by atoms with van der Waals surface area (Å²) in [5.41, 5.74) is 0. The van der Waals surface area contributed by atoms with Gasteiger partial charge in [0.15, 0.2) is 6.10 Å². The van der Waals surface area contributed by atoms with Crippen LogP contribution >= 0.6 is 0 Å². The molecule has 0 rings (SSSR count). The van der Waals surface area contributed by atoms with Gasteiger partial charge in [0.05, 0.1) is 5.75 Å². The predicted octanol–water partition coefficient (Wildman–Crippen LogP) is -0.0458. The van der Waals surface area contributed by atoms with Crippen LogP contribution in [0.25, 0.3) is 0 Å². The Morgan fingerprint density at radius 1 is 1.45 bits per heavy atom. The van der Waals surface area contributed by atoms with Gasteiger partial charge in [-0.2, -0.15) is 13.2 Å². The van der Waals surface area contributed by atoms with E-state index in [1.54, 1.807) is 0 Å². The summed E-state index contributed by atoms with van der Waals surface area (Å²) in [5.74, 6) is -1.28. The molecule has 0 radical (unpaired) electrons. The van der Waals surface area contributed by atoms with Crippen LogP contribution in [-0.4, -0.2) is 37.8 Å². The Labute approximate surface area is 61.8 Å². The van der Waals surface area contributed by atoms with Gasteiger partial charge in [-0.25, -0.2) is 8.42 Å². The van der Waals surface area contributed by atoms with Gasteiger partial charge in [0.25, 0.3) is 0 Å². The SMILES string of the molecule is CS(=O)(=O)C[C@H](O)C(F)(F)F. The first-order chi connectivity index (χ1) is 4.63. The smallest absolute Gasteiger partial charge is 0.383 e. The molecule has 0 spiro atoms. The fraction of sp³-hybridized carbons (Fsp3) is 1.00. The lowest BCUT2D eigenvalue weighted by molar-refractivity contribution is -0.196. The van der Waals surface area contributed by atoms with E-state index in [-0.39, 0.29) is 0 Å². The third-order valence-corrected chi connectivity index (χ3v) is 1.76. The van der Waals surface area contributed by atoms with Crippen LogP contribution in [0.2, 0.25) is 0 Å². The van der Waals surface area contributed by atoms with Crippen molar-refractivity contribution in [2.75, 3.05) is 12.0 Å². The molecule has 0 amide bonds. The van der Waals surface area contributed by atoms with Crippen molar-refractivity contribution in [3.05, 3.63) is 0 Å². The number of rotatable bonds is 2. The van der Waals surface area contributed by atoms with Crippen molar-refractivity contribution in [2.24, 2.45) is 0 Å². The summed E-state index contributed by atoms with van der Waals surface area (Å²) < 4.78 is 54.9. The Morgan fingerprint density at radius 3 is 1.91 bits per heavy atom. The lowest BCUT2D eigenvalue weighted by atomic mass is 10.4. The quantitative estimate of drug-likeness (QED) is 0.667. The van der Waals surface area contributed by atoms with Gasteiger partial charge >= 0.3 is 6.18 Å². The summed E-state index contributed by atoms with van der Waals surface area (Å²) in [5, 5.41) is 8.22. The number of hydrogen-bond donors (Lipinski definition) is 1. The molecular formula is C4H7F3O3S. The highest BCUT2D eigenvalue weighted by Gasteiger charge is 2.39. The fourth-order valence-corrected chi connectivity index (χ4v) is 1.14. The number of aliphatic hydroxyl groups is 1. The number of sulfone groups is 1. The third-order valence-electron chi connectivity index (χ3n) is 0.838. The fourth-order valence-electron chi connectivity index (χ4n) is 0.381. The van der Waals surface area contributed by atoms with Crippen LogP contribution < -0.4 is 0 Å². The van der Waals surface area contributed by atoms with Crippen LogP contribution in [0.3, 0.4) is 0 Å². The van der Waals surface area contributed by atoms with Gasteiger partial charge in [-0.1, -0.05) is 0 Å². The van der Waals surface area contributed by atoms with Crippen molar-refractivity contribution in [1.82, 2.24) is 0 Å². The van der Waals surface area contributed by atoms with E-state index < -0.39 is 27.9 Å². The van der Waals surface area contributed by atoms with Crippen molar-refractivity contribution in [2.45, 2.75) is 12.3 Å². The zero-order chi connectivity index (χ0) is 9.28. The molecule has 68 valence electrons. The first kappa shape index (κ1) is 10.7. The molecule has 0 aliphatic heterocycles. The molecule has 0 fully saturated rings. The predicted molar refractivity (Wildman–Crippen MR) is 31.8 cm³/mol. The summed E-state index contributed by atoms with van der Waals surface area (Å²) in [6.07, 6.45) is -7.01. The van der Waals surface area contributed by atoms with Crippen molar-refractivity contribution in [1.29, 1.82) is 0 Å². The molecule has 0 aliphatic rings. The second-order valence-corrected chi connectivity index (χ2v) is 4.33. The van der Waals surface area contributed by atoms with Crippen LogP contribution in [0.5, 0.6) is 0 Å². The van der Waals surface area contributed by atoms with E-state index in [0.717, 1.165) is 0 Å². The third kappa shape index (κ3) is 5.02. The average molecular weight is 192 g/mol. The van der Waals surface area contributed by atoms with Crippen LogP contribution in [0.4, 0.5) is 13.2 Å². The Kier molecular flexibility index (Phi) is 2.90. The number of halogens is 3. The highest BCUT2D eigenvalue weighted by molar-refractivity contribution is 7.90.